The SMILES string of the molecule is CCC1CCCCC1(O)c1ccc(C)cc1C. The van der Waals surface area contributed by atoms with Gasteiger partial charge in [0, 0.05) is 0 Å². The largest absolute Gasteiger partial charge is 0.385 e. The lowest BCUT2D eigenvalue weighted by molar-refractivity contribution is -0.0562. The summed E-state index contributed by atoms with van der Waals surface area (Å²) in [6, 6.07) is 6.45. The highest BCUT2D eigenvalue weighted by atomic mass is 16.3. The molecule has 1 aliphatic rings. The number of hydrogen-bond acceptors (Lipinski definition) is 1. The van der Waals surface area contributed by atoms with Crippen LogP contribution in [0.25, 0.3) is 0 Å². The molecule has 1 fully saturated rings. The Hall–Kier alpha value is -0.820. The molecule has 0 aliphatic heterocycles. The van der Waals surface area contributed by atoms with Gasteiger partial charge in [-0.05, 0) is 43.7 Å². The molecule has 0 spiro atoms. The Morgan fingerprint density at radius 3 is 2.71 bits per heavy atom. The van der Waals surface area contributed by atoms with E-state index in [0.717, 1.165) is 24.8 Å². The van der Waals surface area contributed by atoms with Crippen LogP contribution in [-0.4, -0.2) is 5.11 Å². The highest BCUT2D eigenvalue weighted by Gasteiger charge is 2.39. The molecule has 2 rings (SSSR count). The van der Waals surface area contributed by atoms with Crippen molar-refractivity contribution in [3.05, 3.63) is 34.9 Å². The smallest absolute Gasteiger partial charge is 0.0927 e. The van der Waals surface area contributed by atoms with E-state index in [1.165, 1.54) is 24.0 Å². The van der Waals surface area contributed by atoms with Gasteiger partial charge in [0.1, 0.15) is 0 Å². The van der Waals surface area contributed by atoms with E-state index in [1.807, 2.05) is 0 Å². The first-order valence-electron chi connectivity index (χ1n) is 6.88. The monoisotopic (exact) mass is 232 g/mol. The fourth-order valence-corrected chi connectivity index (χ4v) is 3.42. The molecule has 1 aliphatic carbocycles. The van der Waals surface area contributed by atoms with E-state index in [1.54, 1.807) is 0 Å². The van der Waals surface area contributed by atoms with Crippen LogP contribution in [-0.2, 0) is 5.60 Å². The van der Waals surface area contributed by atoms with Crippen molar-refractivity contribution in [2.75, 3.05) is 0 Å². The molecular formula is C16H24O. The molecule has 1 aromatic carbocycles. The fraction of sp³-hybridized carbons (Fsp3) is 0.625. The highest BCUT2D eigenvalue weighted by Crippen LogP contribution is 2.44. The van der Waals surface area contributed by atoms with Gasteiger partial charge in [-0.1, -0.05) is 49.9 Å². The van der Waals surface area contributed by atoms with Gasteiger partial charge in [0.2, 0.25) is 0 Å². The summed E-state index contributed by atoms with van der Waals surface area (Å²) >= 11 is 0. The molecule has 1 N–H and O–H groups in total. The third-order valence-electron chi connectivity index (χ3n) is 4.38. The Morgan fingerprint density at radius 2 is 2.06 bits per heavy atom. The van der Waals surface area contributed by atoms with Crippen molar-refractivity contribution in [3.8, 4) is 0 Å². The van der Waals surface area contributed by atoms with Crippen LogP contribution in [0.1, 0.15) is 55.7 Å². The van der Waals surface area contributed by atoms with Crippen LogP contribution in [0.3, 0.4) is 0 Å². The molecule has 17 heavy (non-hydrogen) atoms. The Bertz CT molecular complexity index is 397. The average molecular weight is 232 g/mol. The van der Waals surface area contributed by atoms with Gasteiger partial charge in [0.05, 0.1) is 5.60 Å². The molecule has 0 amide bonds. The quantitative estimate of drug-likeness (QED) is 0.814. The van der Waals surface area contributed by atoms with Gasteiger partial charge < -0.3 is 5.11 Å². The van der Waals surface area contributed by atoms with Crippen molar-refractivity contribution >= 4 is 0 Å². The van der Waals surface area contributed by atoms with Crippen molar-refractivity contribution < 1.29 is 5.11 Å². The summed E-state index contributed by atoms with van der Waals surface area (Å²) in [6.45, 7) is 6.44. The van der Waals surface area contributed by atoms with Gasteiger partial charge in [-0.2, -0.15) is 0 Å². The third-order valence-corrected chi connectivity index (χ3v) is 4.38. The summed E-state index contributed by atoms with van der Waals surface area (Å²) < 4.78 is 0. The van der Waals surface area contributed by atoms with Crippen molar-refractivity contribution in [3.63, 3.8) is 0 Å². The maximum absolute atomic E-state index is 11.1. The van der Waals surface area contributed by atoms with E-state index in [0.29, 0.717) is 5.92 Å². The number of rotatable bonds is 2. The molecule has 1 aromatic rings. The van der Waals surface area contributed by atoms with Crippen molar-refractivity contribution in [1.29, 1.82) is 0 Å². The minimum Gasteiger partial charge on any atom is -0.385 e. The summed E-state index contributed by atoms with van der Waals surface area (Å²) in [7, 11) is 0. The minimum atomic E-state index is -0.579. The number of benzene rings is 1. The summed E-state index contributed by atoms with van der Waals surface area (Å²) in [4.78, 5) is 0. The second kappa shape index (κ2) is 4.81. The topological polar surface area (TPSA) is 20.2 Å². The van der Waals surface area contributed by atoms with E-state index >= 15 is 0 Å². The van der Waals surface area contributed by atoms with Crippen LogP contribution in [0.2, 0.25) is 0 Å². The van der Waals surface area contributed by atoms with Crippen LogP contribution in [0.15, 0.2) is 18.2 Å². The zero-order valence-electron chi connectivity index (χ0n) is 11.3. The van der Waals surface area contributed by atoms with Gasteiger partial charge in [0.15, 0.2) is 0 Å². The lowest BCUT2D eigenvalue weighted by Gasteiger charge is -2.41. The lowest BCUT2D eigenvalue weighted by Crippen LogP contribution is -2.38. The molecule has 0 bridgehead atoms. The van der Waals surface area contributed by atoms with Gasteiger partial charge >= 0.3 is 0 Å². The number of aryl methyl sites for hydroxylation is 2. The second-order valence-corrected chi connectivity index (χ2v) is 5.59. The Morgan fingerprint density at radius 1 is 1.29 bits per heavy atom. The summed E-state index contributed by atoms with van der Waals surface area (Å²) in [5.74, 6) is 0.428. The first-order chi connectivity index (χ1) is 8.08. The fourth-order valence-electron chi connectivity index (χ4n) is 3.42. The average Bonchev–Trinajstić information content (AvgIpc) is 2.29. The molecule has 94 valence electrons. The van der Waals surface area contributed by atoms with Crippen LogP contribution >= 0.6 is 0 Å². The predicted molar refractivity (Wildman–Crippen MR) is 72.1 cm³/mol. The Balaban J connectivity index is 2.41. The molecule has 2 atom stereocenters. The Labute approximate surface area is 105 Å². The van der Waals surface area contributed by atoms with Gasteiger partial charge in [-0.15, -0.1) is 0 Å². The lowest BCUT2D eigenvalue weighted by atomic mass is 9.69. The molecule has 0 heterocycles. The van der Waals surface area contributed by atoms with E-state index in [-0.39, 0.29) is 0 Å². The zero-order chi connectivity index (χ0) is 12.5. The van der Waals surface area contributed by atoms with E-state index in [4.69, 9.17) is 0 Å². The van der Waals surface area contributed by atoms with Crippen LogP contribution in [0, 0.1) is 19.8 Å². The minimum absolute atomic E-state index is 0.428. The molecule has 0 radical (unpaired) electrons. The van der Waals surface area contributed by atoms with Crippen molar-refractivity contribution in [2.24, 2.45) is 5.92 Å². The summed E-state index contributed by atoms with van der Waals surface area (Å²) in [5, 5.41) is 11.1. The van der Waals surface area contributed by atoms with Gasteiger partial charge in [-0.3, -0.25) is 0 Å². The standard InChI is InChI=1S/C16H24O/c1-4-14-7-5-6-10-16(14,17)15-9-8-12(2)11-13(15)3/h8-9,11,14,17H,4-7,10H2,1-3H3. The highest BCUT2D eigenvalue weighted by molar-refractivity contribution is 5.35. The van der Waals surface area contributed by atoms with E-state index in [2.05, 4.69) is 39.0 Å². The zero-order valence-corrected chi connectivity index (χ0v) is 11.3. The second-order valence-electron chi connectivity index (χ2n) is 5.59. The van der Waals surface area contributed by atoms with Crippen LogP contribution in [0.5, 0.6) is 0 Å². The maximum Gasteiger partial charge on any atom is 0.0927 e. The third kappa shape index (κ3) is 2.26. The van der Waals surface area contributed by atoms with Crippen molar-refractivity contribution in [2.45, 2.75) is 58.5 Å². The normalized spacial score (nSPS) is 29.3. The van der Waals surface area contributed by atoms with E-state index in [9.17, 15) is 5.11 Å². The molecule has 2 unspecified atom stereocenters. The summed E-state index contributed by atoms with van der Waals surface area (Å²) in [6.07, 6.45) is 5.59. The maximum atomic E-state index is 11.1. The molecule has 1 saturated carbocycles. The molecule has 0 saturated heterocycles. The molecule has 1 nitrogen and oxygen atoms in total. The first kappa shape index (κ1) is 12.6. The summed E-state index contributed by atoms with van der Waals surface area (Å²) in [5.41, 5.74) is 3.10. The molecular weight excluding hydrogens is 208 g/mol. The number of aliphatic hydroxyl groups is 1. The van der Waals surface area contributed by atoms with E-state index < -0.39 is 5.60 Å². The predicted octanol–water partition coefficient (Wildman–Crippen LogP) is 4.09. The van der Waals surface area contributed by atoms with Crippen LogP contribution < -0.4 is 0 Å². The Kier molecular flexibility index (Phi) is 3.58. The number of hydrogen-bond donors (Lipinski definition) is 1. The van der Waals surface area contributed by atoms with Crippen LogP contribution in [0.4, 0.5) is 0 Å². The van der Waals surface area contributed by atoms with Crippen molar-refractivity contribution in [1.82, 2.24) is 0 Å². The molecule has 0 aromatic heterocycles. The molecule has 1 heteroatoms. The first-order valence-corrected chi connectivity index (χ1v) is 6.88. The van der Waals surface area contributed by atoms with Gasteiger partial charge in [-0.25, -0.2) is 0 Å². The van der Waals surface area contributed by atoms with Gasteiger partial charge in [0.25, 0.3) is 0 Å².